The Morgan fingerprint density at radius 2 is 1.82 bits per heavy atom. The first-order chi connectivity index (χ1) is 10.7. The van der Waals surface area contributed by atoms with E-state index in [4.69, 9.17) is 4.74 Å². The van der Waals surface area contributed by atoms with Gasteiger partial charge in [-0.05, 0) is 43.5 Å². The second-order valence-electron chi connectivity index (χ2n) is 6.80. The van der Waals surface area contributed by atoms with Gasteiger partial charge >= 0.3 is 0 Å². The number of fused-ring (bicyclic) bond motifs is 2. The van der Waals surface area contributed by atoms with Crippen molar-refractivity contribution in [3.8, 4) is 0 Å². The Labute approximate surface area is 132 Å². The van der Waals surface area contributed by atoms with Gasteiger partial charge < -0.3 is 9.64 Å². The van der Waals surface area contributed by atoms with Crippen LogP contribution >= 0.6 is 0 Å². The SMILES string of the molecule is Cc1cccc([C@@H]2OC3(CCN(C)CC3)c3ccccc32)c1. The molecule has 2 heterocycles. The van der Waals surface area contributed by atoms with Gasteiger partial charge in [-0.25, -0.2) is 0 Å². The van der Waals surface area contributed by atoms with Crippen LogP contribution in [0.1, 0.15) is 41.2 Å². The quantitative estimate of drug-likeness (QED) is 0.787. The lowest BCUT2D eigenvalue weighted by molar-refractivity contribution is -0.0941. The second-order valence-corrected chi connectivity index (χ2v) is 6.80. The van der Waals surface area contributed by atoms with Crippen molar-refractivity contribution in [1.82, 2.24) is 4.90 Å². The number of likely N-dealkylation sites (tertiary alicyclic amines) is 1. The van der Waals surface area contributed by atoms with Crippen LogP contribution in [-0.2, 0) is 10.3 Å². The van der Waals surface area contributed by atoms with E-state index in [1.807, 2.05) is 0 Å². The van der Waals surface area contributed by atoms with E-state index in [9.17, 15) is 0 Å². The van der Waals surface area contributed by atoms with Crippen molar-refractivity contribution < 1.29 is 4.74 Å². The zero-order valence-corrected chi connectivity index (χ0v) is 13.4. The molecule has 1 atom stereocenters. The normalized spacial score (nSPS) is 23.6. The molecular weight excluding hydrogens is 270 g/mol. The third kappa shape index (κ3) is 2.18. The highest BCUT2D eigenvalue weighted by Gasteiger charge is 2.46. The summed E-state index contributed by atoms with van der Waals surface area (Å²) in [6, 6.07) is 17.6. The van der Waals surface area contributed by atoms with Crippen LogP contribution in [0.5, 0.6) is 0 Å². The van der Waals surface area contributed by atoms with E-state index in [1.54, 1.807) is 0 Å². The number of piperidine rings is 1. The zero-order chi connectivity index (χ0) is 15.2. The minimum Gasteiger partial charge on any atom is -0.358 e. The summed E-state index contributed by atoms with van der Waals surface area (Å²) in [5.41, 5.74) is 5.26. The van der Waals surface area contributed by atoms with Gasteiger partial charge in [-0.3, -0.25) is 0 Å². The van der Waals surface area contributed by atoms with Crippen LogP contribution in [0.15, 0.2) is 48.5 Å². The molecule has 2 aromatic rings. The van der Waals surface area contributed by atoms with Gasteiger partial charge in [-0.2, -0.15) is 0 Å². The fourth-order valence-electron chi connectivity index (χ4n) is 3.94. The minimum atomic E-state index is -0.0858. The molecule has 1 spiro atoms. The van der Waals surface area contributed by atoms with E-state index in [1.165, 1.54) is 22.3 Å². The Bertz CT molecular complexity index is 686. The molecule has 2 aliphatic heterocycles. The van der Waals surface area contributed by atoms with Gasteiger partial charge in [0.05, 0.1) is 5.60 Å². The Morgan fingerprint density at radius 3 is 2.59 bits per heavy atom. The van der Waals surface area contributed by atoms with Gasteiger partial charge in [0, 0.05) is 13.1 Å². The lowest BCUT2D eigenvalue weighted by Gasteiger charge is -2.38. The first-order valence-corrected chi connectivity index (χ1v) is 8.20. The first kappa shape index (κ1) is 14.0. The van der Waals surface area contributed by atoms with Crippen molar-refractivity contribution in [2.75, 3.05) is 20.1 Å². The molecule has 2 aromatic carbocycles. The average Bonchev–Trinajstić information content (AvgIpc) is 2.86. The van der Waals surface area contributed by atoms with Crippen LogP contribution in [0.4, 0.5) is 0 Å². The summed E-state index contributed by atoms with van der Waals surface area (Å²) in [5, 5.41) is 0. The molecule has 0 radical (unpaired) electrons. The van der Waals surface area contributed by atoms with Gasteiger partial charge in [-0.15, -0.1) is 0 Å². The Morgan fingerprint density at radius 1 is 1.05 bits per heavy atom. The monoisotopic (exact) mass is 293 g/mol. The number of hydrogen-bond donors (Lipinski definition) is 0. The number of benzene rings is 2. The predicted octanol–water partition coefficient (Wildman–Crippen LogP) is 4.04. The third-order valence-electron chi connectivity index (χ3n) is 5.22. The van der Waals surface area contributed by atoms with Gasteiger partial charge in [-0.1, -0.05) is 54.1 Å². The molecule has 4 rings (SSSR count). The molecule has 1 saturated heterocycles. The van der Waals surface area contributed by atoms with E-state index >= 15 is 0 Å². The van der Waals surface area contributed by atoms with E-state index in [0.717, 1.165) is 25.9 Å². The molecule has 0 aliphatic carbocycles. The number of hydrogen-bond acceptors (Lipinski definition) is 2. The fraction of sp³-hybridized carbons (Fsp3) is 0.400. The molecule has 2 nitrogen and oxygen atoms in total. The molecule has 0 amide bonds. The standard InChI is InChI=1S/C20H23NO/c1-15-6-5-7-16(14-15)19-17-8-3-4-9-18(17)20(22-19)10-12-21(2)13-11-20/h3-9,14,19H,10-13H2,1-2H3/t19-/m0/s1. The van der Waals surface area contributed by atoms with Crippen LogP contribution in [-0.4, -0.2) is 25.0 Å². The van der Waals surface area contributed by atoms with E-state index in [-0.39, 0.29) is 11.7 Å². The highest BCUT2D eigenvalue weighted by molar-refractivity contribution is 5.44. The summed E-state index contributed by atoms with van der Waals surface area (Å²) in [4.78, 5) is 2.40. The van der Waals surface area contributed by atoms with Gasteiger partial charge in [0.2, 0.25) is 0 Å². The van der Waals surface area contributed by atoms with Crippen LogP contribution in [0.25, 0.3) is 0 Å². The van der Waals surface area contributed by atoms with Gasteiger partial charge in [0.15, 0.2) is 0 Å². The number of aryl methyl sites for hydroxylation is 1. The van der Waals surface area contributed by atoms with Crippen LogP contribution in [0, 0.1) is 6.92 Å². The molecule has 1 fully saturated rings. The summed E-state index contributed by atoms with van der Waals surface area (Å²) >= 11 is 0. The largest absolute Gasteiger partial charge is 0.358 e. The molecule has 2 heteroatoms. The topological polar surface area (TPSA) is 12.5 Å². The fourth-order valence-corrected chi connectivity index (χ4v) is 3.94. The van der Waals surface area contributed by atoms with Crippen LogP contribution < -0.4 is 0 Å². The highest BCUT2D eigenvalue weighted by Crippen LogP contribution is 2.51. The molecule has 0 saturated carbocycles. The molecule has 0 bridgehead atoms. The summed E-state index contributed by atoms with van der Waals surface area (Å²) in [6.07, 6.45) is 2.26. The minimum absolute atomic E-state index is 0.0829. The van der Waals surface area contributed by atoms with Crippen molar-refractivity contribution in [2.45, 2.75) is 31.5 Å². The molecule has 22 heavy (non-hydrogen) atoms. The molecular formula is C20H23NO. The maximum atomic E-state index is 6.72. The van der Waals surface area contributed by atoms with Crippen molar-refractivity contribution >= 4 is 0 Å². The maximum absolute atomic E-state index is 6.72. The van der Waals surface area contributed by atoms with Gasteiger partial charge in [0.1, 0.15) is 6.10 Å². The number of ether oxygens (including phenoxy) is 1. The molecule has 0 N–H and O–H groups in total. The Balaban J connectivity index is 1.77. The second kappa shape index (κ2) is 5.22. The van der Waals surface area contributed by atoms with E-state index < -0.39 is 0 Å². The van der Waals surface area contributed by atoms with Crippen molar-refractivity contribution in [3.63, 3.8) is 0 Å². The van der Waals surface area contributed by atoms with E-state index in [2.05, 4.69) is 67.4 Å². The lowest BCUT2D eigenvalue weighted by Crippen LogP contribution is -2.40. The summed E-state index contributed by atoms with van der Waals surface area (Å²) in [5.74, 6) is 0. The zero-order valence-electron chi connectivity index (χ0n) is 13.4. The Hall–Kier alpha value is -1.64. The lowest BCUT2D eigenvalue weighted by atomic mass is 9.83. The molecule has 2 aliphatic rings. The summed E-state index contributed by atoms with van der Waals surface area (Å²) in [7, 11) is 2.20. The van der Waals surface area contributed by atoms with Gasteiger partial charge in [0.25, 0.3) is 0 Å². The number of rotatable bonds is 1. The smallest absolute Gasteiger partial charge is 0.109 e. The predicted molar refractivity (Wildman–Crippen MR) is 89.0 cm³/mol. The summed E-state index contributed by atoms with van der Waals surface area (Å²) in [6.45, 7) is 4.36. The molecule has 0 aromatic heterocycles. The van der Waals surface area contributed by atoms with Crippen LogP contribution in [0.3, 0.4) is 0 Å². The Kier molecular flexibility index (Phi) is 3.32. The molecule has 0 unspecified atom stereocenters. The van der Waals surface area contributed by atoms with E-state index in [0.29, 0.717) is 0 Å². The molecule has 114 valence electrons. The highest BCUT2D eigenvalue weighted by atomic mass is 16.5. The van der Waals surface area contributed by atoms with Crippen LogP contribution in [0.2, 0.25) is 0 Å². The van der Waals surface area contributed by atoms with Crippen molar-refractivity contribution in [3.05, 3.63) is 70.8 Å². The third-order valence-corrected chi connectivity index (χ3v) is 5.22. The van der Waals surface area contributed by atoms with Crippen molar-refractivity contribution in [1.29, 1.82) is 0 Å². The first-order valence-electron chi connectivity index (χ1n) is 8.20. The number of nitrogens with zero attached hydrogens (tertiary/aromatic N) is 1. The van der Waals surface area contributed by atoms with Crippen molar-refractivity contribution in [2.24, 2.45) is 0 Å². The summed E-state index contributed by atoms with van der Waals surface area (Å²) < 4.78 is 6.72. The maximum Gasteiger partial charge on any atom is 0.109 e. The average molecular weight is 293 g/mol.